The summed E-state index contributed by atoms with van der Waals surface area (Å²) in [6.07, 6.45) is 0.559. The molecular formula is C18H24N4O4S. The summed E-state index contributed by atoms with van der Waals surface area (Å²) < 4.78 is 32.3. The van der Waals surface area contributed by atoms with Crippen molar-refractivity contribution >= 4 is 21.7 Å². The Morgan fingerprint density at radius 2 is 1.93 bits per heavy atom. The average molecular weight is 392 g/mol. The fraction of sp³-hybridized carbons (Fsp3) is 0.444. The maximum absolute atomic E-state index is 13.0. The molecule has 27 heavy (non-hydrogen) atoms. The lowest BCUT2D eigenvalue weighted by Gasteiger charge is -2.22. The first-order chi connectivity index (χ1) is 12.8. The highest BCUT2D eigenvalue weighted by Crippen LogP contribution is 2.24. The Morgan fingerprint density at radius 1 is 1.15 bits per heavy atom. The van der Waals surface area contributed by atoms with E-state index in [1.807, 2.05) is 31.2 Å². The minimum Gasteiger partial charge on any atom is -0.360 e. The maximum Gasteiger partial charge on any atom is 0.321 e. The number of hydrogen-bond acceptors (Lipinski definition) is 5. The Hall–Kier alpha value is -2.39. The molecule has 8 nitrogen and oxygen atoms in total. The van der Waals surface area contributed by atoms with Crippen molar-refractivity contribution in [2.24, 2.45) is 0 Å². The molecule has 1 N–H and O–H groups in total. The zero-order chi connectivity index (χ0) is 19.6. The molecule has 0 radical (unpaired) electrons. The molecule has 1 aromatic carbocycles. The summed E-state index contributed by atoms with van der Waals surface area (Å²) in [7, 11) is -3.70. The van der Waals surface area contributed by atoms with Gasteiger partial charge in [-0.05, 0) is 44.9 Å². The van der Waals surface area contributed by atoms with E-state index >= 15 is 0 Å². The number of carbonyl (C=O) groups is 1. The number of aromatic nitrogens is 1. The third-order valence-electron chi connectivity index (χ3n) is 4.58. The second kappa shape index (κ2) is 7.69. The Balaban J connectivity index is 1.69. The van der Waals surface area contributed by atoms with Crippen molar-refractivity contribution in [3.63, 3.8) is 0 Å². The van der Waals surface area contributed by atoms with Gasteiger partial charge in [-0.25, -0.2) is 13.2 Å². The summed E-state index contributed by atoms with van der Waals surface area (Å²) in [6, 6.07) is 7.34. The topological polar surface area (TPSA) is 95.8 Å². The lowest BCUT2D eigenvalue weighted by atomic mass is 10.2. The summed E-state index contributed by atoms with van der Waals surface area (Å²) in [4.78, 5) is 14.3. The Labute approximate surface area is 159 Å². The number of benzene rings is 1. The van der Waals surface area contributed by atoms with Gasteiger partial charge in [0.1, 0.15) is 10.6 Å². The number of rotatable bonds is 3. The van der Waals surface area contributed by atoms with Gasteiger partial charge in [-0.15, -0.1) is 0 Å². The van der Waals surface area contributed by atoms with Gasteiger partial charge < -0.3 is 14.7 Å². The van der Waals surface area contributed by atoms with Crippen LogP contribution in [-0.2, 0) is 10.0 Å². The Kier molecular flexibility index (Phi) is 5.52. The van der Waals surface area contributed by atoms with Gasteiger partial charge in [-0.3, -0.25) is 0 Å². The number of sulfonamides is 1. The molecule has 0 unspecified atom stereocenters. The monoisotopic (exact) mass is 392 g/mol. The lowest BCUT2D eigenvalue weighted by molar-refractivity contribution is 0.214. The molecule has 0 bridgehead atoms. The third-order valence-corrected chi connectivity index (χ3v) is 6.72. The van der Waals surface area contributed by atoms with Crippen LogP contribution in [0.4, 0.5) is 10.5 Å². The van der Waals surface area contributed by atoms with E-state index in [2.05, 4.69) is 10.5 Å². The second-order valence-electron chi connectivity index (χ2n) is 6.70. The Bertz CT molecular complexity index is 919. The minimum absolute atomic E-state index is 0.125. The van der Waals surface area contributed by atoms with Crippen molar-refractivity contribution in [3.05, 3.63) is 41.3 Å². The molecule has 0 atom stereocenters. The van der Waals surface area contributed by atoms with Crippen LogP contribution in [0.2, 0.25) is 0 Å². The largest absolute Gasteiger partial charge is 0.360 e. The van der Waals surface area contributed by atoms with Crippen molar-refractivity contribution in [3.8, 4) is 0 Å². The SMILES string of the molecule is Cc1cccc(NC(=O)N2CCCN(S(=O)(=O)c3c(C)noc3C)CC2)c1. The van der Waals surface area contributed by atoms with Crippen LogP contribution in [-0.4, -0.2) is 55.0 Å². The van der Waals surface area contributed by atoms with Crippen LogP contribution in [0.1, 0.15) is 23.4 Å². The van der Waals surface area contributed by atoms with Gasteiger partial charge in [-0.2, -0.15) is 4.31 Å². The summed E-state index contributed by atoms with van der Waals surface area (Å²) in [5, 5.41) is 6.62. The minimum atomic E-state index is -3.70. The molecule has 2 aromatic rings. The highest BCUT2D eigenvalue weighted by molar-refractivity contribution is 7.89. The molecule has 1 aliphatic rings. The van der Waals surface area contributed by atoms with E-state index in [1.54, 1.807) is 18.7 Å². The van der Waals surface area contributed by atoms with Gasteiger partial charge in [-0.1, -0.05) is 17.3 Å². The van der Waals surface area contributed by atoms with Crippen LogP contribution in [0.3, 0.4) is 0 Å². The first kappa shape index (κ1) is 19.4. The van der Waals surface area contributed by atoms with Crippen molar-refractivity contribution in [2.75, 3.05) is 31.5 Å². The van der Waals surface area contributed by atoms with E-state index in [1.165, 1.54) is 4.31 Å². The van der Waals surface area contributed by atoms with Crippen LogP contribution in [0.25, 0.3) is 0 Å². The zero-order valence-electron chi connectivity index (χ0n) is 15.7. The molecule has 2 heterocycles. The van der Waals surface area contributed by atoms with Gasteiger partial charge in [0, 0.05) is 31.9 Å². The molecule has 1 saturated heterocycles. The van der Waals surface area contributed by atoms with Crippen molar-refractivity contribution in [2.45, 2.75) is 32.1 Å². The second-order valence-corrected chi connectivity index (χ2v) is 8.57. The number of carbonyl (C=O) groups excluding carboxylic acids is 1. The van der Waals surface area contributed by atoms with Crippen LogP contribution < -0.4 is 5.32 Å². The first-order valence-corrected chi connectivity index (χ1v) is 10.3. The predicted molar refractivity (Wildman–Crippen MR) is 101 cm³/mol. The van der Waals surface area contributed by atoms with E-state index < -0.39 is 10.0 Å². The Morgan fingerprint density at radius 3 is 2.59 bits per heavy atom. The third kappa shape index (κ3) is 4.14. The van der Waals surface area contributed by atoms with Gasteiger partial charge in [0.15, 0.2) is 5.76 Å². The fourth-order valence-corrected chi connectivity index (χ4v) is 5.00. The quantitative estimate of drug-likeness (QED) is 0.866. The zero-order valence-corrected chi connectivity index (χ0v) is 16.5. The maximum atomic E-state index is 13.0. The van der Waals surface area contributed by atoms with Gasteiger partial charge >= 0.3 is 6.03 Å². The predicted octanol–water partition coefficient (Wildman–Crippen LogP) is 2.53. The summed E-state index contributed by atoms with van der Waals surface area (Å²) in [5.74, 6) is 0.283. The van der Waals surface area contributed by atoms with Gasteiger partial charge in [0.2, 0.25) is 10.0 Å². The number of hydrogen-bond donors (Lipinski definition) is 1. The van der Waals surface area contributed by atoms with E-state index in [0.717, 1.165) is 11.3 Å². The molecule has 0 saturated carbocycles. The van der Waals surface area contributed by atoms with Gasteiger partial charge in [0.25, 0.3) is 0 Å². The average Bonchev–Trinajstić information content (AvgIpc) is 2.82. The standard InChI is InChI=1S/C18H24N4O4S/c1-13-6-4-7-16(12-13)19-18(23)21-8-5-9-22(11-10-21)27(24,25)17-14(2)20-26-15(17)3/h4,6-7,12H,5,8-11H2,1-3H3,(H,19,23). The normalized spacial score (nSPS) is 16.2. The van der Waals surface area contributed by atoms with Crippen LogP contribution in [0.15, 0.2) is 33.7 Å². The molecule has 9 heteroatoms. The molecule has 1 aromatic heterocycles. The van der Waals surface area contributed by atoms with Gasteiger partial charge in [0.05, 0.1) is 0 Å². The molecule has 146 valence electrons. The summed E-state index contributed by atoms with van der Waals surface area (Å²) in [5.41, 5.74) is 2.13. The van der Waals surface area contributed by atoms with Crippen LogP contribution >= 0.6 is 0 Å². The molecule has 1 fully saturated rings. The van der Waals surface area contributed by atoms with E-state index in [9.17, 15) is 13.2 Å². The highest BCUT2D eigenvalue weighted by Gasteiger charge is 2.32. The number of urea groups is 1. The van der Waals surface area contributed by atoms with Crippen LogP contribution in [0.5, 0.6) is 0 Å². The fourth-order valence-electron chi connectivity index (χ4n) is 3.23. The first-order valence-electron chi connectivity index (χ1n) is 8.84. The van der Waals surface area contributed by atoms with E-state index in [0.29, 0.717) is 31.7 Å². The number of nitrogens with one attached hydrogen (secondary N) is 1. The molecule has 1 aliphatic heterocycles. The van der Waals surface area contributed by atoms with Crippen LogP contribution in [0, 0.1) is 20.8 Å². The van der Waals surface area contributed by atoms with Crippen molar-refractivity contribution < 1.29 is 17.7 Å². The highest BCUT2D eigenvalue weighted by atomic mass is 32.2. The van der Waals surface area contributed by atoms with Crippen molar-refractivity contribution in [1.29, 1.82) is 0 Å². The molecule has 0 aliphatic carbocycles. The summed E-state index contributed by atoms with van der Waals surface area (Å²) >= 11 is 0. The van der Waals surface area contributed by atoms with E-state index in [4.69, 9.17) is 4.52 Å². The molecular weight excluding hydrogens is 368 g/mol. The molecule has 0 spiro atoms. The van der Waals surface area contributed by atoms with E-state index in [-0.39, 0.29) is 23.2 Å². The lowest BCUT2D eigenvalue weighted by Crippen LogP contribution is -2.39. The number of anilines is 1. The number of aryl methyl sites for hydroxylation is 3. The van der Waals surface area contributed by atoms with Crippen molar-refractivity contribution in [1.82, 2.24) is 14.4 Å². The number of amides is 2. The molecule has 3 rings (SSSR count). The summed E-state index contributed by atoms with van der Waals surface area (Å²) in [6.45, 7) is 6.55. The smallest absolute Gasteiger partial charge is 0.321 e. The molecule has 2 amide bonds. The number of nitrogens with zero attached hydrogens (tertiary/aromatic N) is 3.